The molecule has 0 aliphatic heterocycles. The summed E-state index contributed by atoms with van der Waals surface area (Å²) in [6.45, 7) is 0.721. The summed E-state index contributed by atoms with van der Waals surface area (Å²) >= 11 is 0. The highest BCUT2D eigenvalue weighted by atomic mass is 15.1. The third-order valence-electron chi connectivity index (χ3n) is 2.86. The molecule has 16 heavy (non-hydrogen) atoms. The van der Waals surface area contributed by atoms with Crippen LogP contribution >= 0.6 is 0 Å². The standard InChI is InChI=1S/C13H23N3/c1-15(2)12-7-5-11(6-8-12)13(9-10-14)16(3)4/h5-8,13H,9-10,14H2,1-4H3. The van der Waals surface area contributed by atoms with E-state index in [9.17, 15) is 0 Å². The van der Waals surface area contributed by atoms with Crippen molar-refractivity contribution >= 4 is 5.69 Å². The van der Waals surface area contributed by atoms with Crippen molar-refractivity contribution in [2.45, 2.75) is 12.5 Å². The van der Waals surface area contributed by atoms with Crippen molar-refractivity contribution in [3.8, 4) is 0 Å². The summed E-state index contributed by atoms with van der Waals surface area (Å²) in [7, 11) is 8.30. The average Bonchev–Trinajstić information content (AvgIpc) is 2.25. The molecule has 3 heteroatoms. The van der Waals surface area contributed by atoms with E-state index in [0.717, 1.165) is 13.0 Å². The Kier molecular flexibility index (Phi) is 4.77. The first-order valence-corrected chi connectivity index (χ1v) is 5.70. The molecule has 1 aromatic carbocycles. The molecule has 0 saturated carbocycles. The Morgan fingerprint density at radius 2 is 1.62 bits per heavy atom. The zero-order valence-electron chi connectivity index (χ0n) is 10.8. The normalized spacial score (nSPS) is 12.9. The third kappa shape index (κ3) is 3.22. The van der Waals surface area contributed by atoms with E-state index in [4.69, 9.17) is 5.73 Å². The molecule has 0 spiro atoms. The minimum atomic E-state index is 0.418. The van der Waals surface area contributed by atoms with Gasteiger partial charge in [-0.05, 0) is 44.8 Å². The van der Waals surface area contributed by atoms with Crippen molar-refractivity contribution in [3.63, 3.8) is 0 Å². The zero-order chi connectivity index (χ0) is 12.1. The second-order valence-electron chi connectivity index (χ2n) is 4.54. The van der Waals surface area contributed by atoms with Gasteiger partial charge in [-0.3, -0.25) is 0 Å². The van der Waals surface area contributed by atoms with Gasteiger partial charge in [0, 0.05) is 25.8 Å². The maximum atomic E-state index is 5.65. The van der Waals surface area contributed by atoms with E-state index in [1.165, 1.54) is 11.3 Å². The fourth-order valence-corrected chi connectivity index (χ4v) is 1.88. The summed E-state index contributed by atoms with van der Waals surface area (Å²) in [6, 6.07) is 9.11. The average molecular weight is 221 g/mol. The van der Waals surface area contributed by atoms with Gasteiger partial charge < -0.3 is 15.5 Å². The van der Waals surface area contributed by atoms with Crippen LogP contribution in [0.25, 0.3) is 0 Å². The summed E-state index contributed by atoms with van der Waals surface area (Å²) in [5, 5.41) is 0. The van der Waals surface area contributed by atoms with Crippen LogP contribution < -0.4 is 10.6 Å². The number of hydrogen-bond acceptors (Lipinski definition) is 3. The molecule has 0 amide bonds. The molecule has 0 saturated heterocycles. The molecule has 2 N–H and O–H groups in total. The first kappa shape index (κ1) is 13.0. The monoisotopic (exact) mass is 221 g/mol. The highest BCUT2D eigenvalue weighted by Gasteiger charge is 2.12. The molecule has 3 nitrogen and oxygen atoms in total. The third-order valence-corrected chi connectivity index (χ3v) is 2.86. The molecule has 1 unspecified atom stereocenters. The molecule has 0 heterocycles. The lowest BCUT2D eigenvalue weighted by Crippen LogP contribution is -2.22. The maximum Gasteiger partial charge on any atom is 0.0361 e. The Labute approximate surface area is 98.8 Å². The van der Waals surface area contributed by atoms with E-state index >= 15 is 0 Å². The molecule has 90 valence electrons. The van der Waals surface area contributed by atoms with Crippen LogP contribution in [0.15, 0.2) is 24.3 Å². The van der Waals surface area contributed by atoms with Gasteiger partial charge in [0.25, 0.3) is 0 Å². The number of nitrogens with zero attached hydrogens (tertiary/aromatic N) is 2. The Bertz CT molecular complexity index is 303. The minimum absolute atomic E-state index is 0.418. The summed E-state index contributed by atoms with van der Waals surface area (Å²) in [5.74, 6) is 0. The number of anilines is 1. The van der Waals surface area contributed by atoms with Crippen LogP contribution in [0.5, 0.6) is 0 Å². The van der Waals surface area contributed by atoms with Crippen LogP contribution in [0, 0.1) is 0 Å². The van der Waals surface area contributed by atoms with E-state index in [-0.39, 0.29) is 0 Å². The molecule has 0 radical (unpaired) electrons. The summed E-state index contributed by atoms with van der Waals surface area (Å²) < 4.78 is 0. The molecule has 0 aliphatic carbocycles. The van der Waals surface area contributed by atoms with Crippen molar-refractivity contribution in [1.82, 2.24) is 4.90 Å². The van der Waals surface area contributed by atoms with Gasteiger partial charge in [0.1, 0.15) is 0 Å². The predicted octanol–water partition coefficient (Wildman–Crippen LogP) is 1.70. The van der Waals surface area contributed by atoms with Crippen LogP contribution in [0.1, 0.15) is 18.0 Å². The lowest BCUT2D eigenvalue weighted by molar-refractivity contribution is 0.287. The molecule has 0 fully saturated rings. The fourth-order valence-electron chi connectivity index (χ4n) is 1.88. The number of hydrogen-bond donors (Lipinski definition) is 1. The molecule has 0 aromatic heterocycles. The highest BCUT2D eigenvalue weighted by Crippen LogP contribution is 2.23. The van der Waals surface area contributed by atoms with Gasteiger partial charge in [-0.1, -0.05) is 12.1 Å². The van der Waals surface area contributed by atoms with Gasteiger partial charge in [0.2, 0.25) is 0 Å². The number of rotatable bonds is 5. The summed E-state index contributed by atoms with van der Waals surface area (Å²) in [5.41, 5.74) is 8.21. The van der Waals surface area contributed by atoms with Crippen molar-refractivity contribution in [2.75, 3.05) is 39.6 Å². The van der Waals surface area contributed by atoms with Gasteiger partial charge >= 0.3 is 0 Å². The van der Waals surface area contributed by atoms with Gasteiger partial charge in [0.05, 0.1) is 0 Å². The predicted molar refractivity (Wildman–Crippen MR) is 70.9 cm³/mol. The highest BCUT2D eigenvalue weighted by molar-refractivity contribution is 5.46. The smallest absolute Gasteiger partial charge is 0.0361 e. The lowest BCUT2D eigenvalue weighted by atomic mass is 10.0. The van der Waals surface area contributed by atoms with Crippen LogP contribution in [-0.2, 0) is 0 Å². The fraction of sp³-hybridized carbons (Fsp3) is 0.538. The van der Waals surface area contributed by atoms with Crippen LogP contribution in [0.2, 0.25) is 0 Å². The molecular weight excluding hydrogens is 198 g/mol. The summed E-state index contributed by atoms with van der Waals surface area (Å²) in [6.07, 6.45) is 0.994. The molecule has 1 atom stereocenters. The Balaban J connectivity index is 2.85. The van der Waals surface area contributed by atoms with E-state index in [1.807, 2.05) is 0 Å². The largest absolute Gasteiger partial charge is 0.378 e. The van der Waals surface area contributed by atoms with Crippen molar-refractivity contribution in [3.05, 3.63) is 29.8 Å². The van der Waals surface area contributed by atoms with E-state index in [1.54, 1.807) is 0 Å². The van der Waals surface area contributed by atoms with Gasteiger partial charge in [-0.25, -0.2) is 0 Å². The molecular formula is C13H23N3. The zero-order valence-corrected chi connectivity index (χ0v) is 10.8. The van der Waals surface area contributed by atoms with Crippen LogP contribution in [-0.4, -0.2) is 39.6 Å². The van der Waals surface area contributed by atoms with Gasteiger partial charge in [0.15, 0.2) is 0 Å². The molecule has 1 rings (SSSR count). The van der Waals surface area contributed by atoms with Crippen molar-refractivity contribution < 1.29 is 0 Å². The Hall–Kier alpha value is -1.06. The second kappa shape index (κ2) is 5.87. The van der Waals surface area contributed by atoms with E-state index < -0.39 is 0 Å². The van der Waals surface area contributed by atoms with Crippen LogP contribution in [0.3, 0.4) is 0 Å². The molecule has 0 aliphatic rings. The second-order valence-corrected chi connectivity index (χ2v) is 4.54. The van der Waals surface area contributed by atoms with Gasteiger partial charge in [-0.15, -0.1) is 0 Å². The topological polar surface area (TPSA) is 32.5 Å². The first-order valence-electron chi connectivity index (χ1n) is 5.70. The molecule has 0 bridgehead atoms. The van der Waals surface area contributed by atoms with E-state index in [2.05, 4.69) is 62.3 Å². The first-order chi connectivity index (χ1) is 7.56. The number of nitrogens with two attached hydrogens (primary N) is 1. The van der Waals surface area contributed by atoms with Crippen molar-refractivity contribution in [2.24, 2.45) is 5.73 Å². The Morgan fingerprint density at radius 1 is 1.06 bits per heavy atom. The SMILES string of the molecule is CN(C)c1ccc(C(CCN)N(C)C)cc1. The van der Waals surface area contributed by atoms with Gasteiger partial charge in [-0.2, -0.15) is 0 Å². The summed E-state index contributed by atoms with van der Waals surface area (Å²) in [4.78, 5) is 4.33. The van der Waals surface area contributed by atoms with Crippen molar-refractivity contribution in [1.29, 1.82) is 0 Å². The Morgan fingerprint density at radius 3 is 2.00 bits per heavy atom. The number of benzene rings is 1. The minimum Gasteiger partial charge on any atom is -0.378 e. The van der Waals surface area contributed by atoms with E-state index in [0.29, 0.717) is 6.04 Å². The lowest BCUT2D eigenvalue weighted by Gasteiger charge is -2.25. The quantitative estimate of drug-likeness (QED) is 0.821. The molecule has 1 aromatic rings. The van der Waals surface area contributed by atoms with Crippen LogP contribution in [0.4, 0.5) is 5.69 Å². The maximum absolute atomic E-state index is 5.65.